The monoisotopic (exact) mass is 295 g/mol. The van der Waals surface area contributed by atoms with Crippen LogP contribution >= 0.6 is 0 Å². The smallest absolute Gasteiger partial charge is 0.228 e. The van der Waals surface area contributed by atoms with E-state index in [1.165, 1.54) is 12.8 Å². The average molecular weight is 295 g/mol. The van der Waals surface area contributed by atoms with Gasteiger partial charge < -0.3 is 14.4 Å². The molecule has 4 nitrogen and oxygen atoms in total. The van der Waals surface area contributed by atoms with E-state index in [1.54, 1.807) is 0 Å². The number of piperidine rings is 1. The summed E-state index contributed by atoms with van der Waals surface area (Å²) in [6, 6.07) is 0. The number of ether oxygens (including phenoxy) is 2. The summed E-state index contributed by atoms with van der Waals surface area (Å²) >= 11 is 0. The molecule has 3 fully saturated rings. The zero-order chi connectivity index (χ0) is 14.9. The predicted molar refractivity (Wildman–Crippen MR) is 80.8 cm³/mol. The van der Waals surface area contributed by atoms with Crippen molar-refractivity contribution in [1.82, 2.24) is 4.90 Å². The molecule has 2 heterocycles. The lowest BCUT2D eigenvalue weighted by molar-refractivity contribution is -0.190. The maximum absolute atomic E-state index is 13.1. The maximum Gasteiger partial charge on any atom is 0.228 e. The SMILES string of the molecule is CC(C)CC1(C(=O)N2CCC3(CC2)OCCO3)CCCC1. The summed E-state index contributed by atoms with van der Waals surface area (Å²) in [5, 5.41) is 0. The van der Waals surface area contributed by atoms with Gasteiger partial charge in [-0.15, -0.1) is 0 Å². The van der Waals surface area contributed by atoms with E-state index in [0.717, 1.165) is 45.2 Å². The van der Waals surface area contributed by atoms with E-state index in [9.17, 15) is 4.79 Å². The van der Waals surface area contributed by atoms with Gasteiger partial charge in [-0.1, -0.05) is 26.7 Å². The van der Waals surface area contributed by atoms with Crippen molar-refractivity contribution in [1.29, 1.82) is 0 Å². The second-order valence-electron chi connectivity index (χ2n) is 7.49. The lowest BCUT2D eigenvalue weighted by atomic mass is 9.77. The molecule has 0 atom stereocenters. The van der Waals surface area contributed by atoms with Gasteiger partial charge in [0, 0.05) is 31.3 Å². The van der Waals surface area contributed by atoms with Crippen molar-refractivity contribution >= 4 is 5.91 Å². The first kappa shape index (κ1) is 15.3. The van der Waals surface area contributed by atoms with Gasteiger partial charge in [0.25, 0.3) is 0 Å². The van der Waals surface area contributed by atoms with E-state index >= 15 is 0 Å². The Kier molecular flexibility index (Phi) is 4.28. The van der Waals surface area contributed by atoms with Gasteiger partial charge in [0.15, 0.2) is 5.79 Å². The highest BCUT2D eigenvalue weighted by molar-refractivity contribution is 5.83. The molecule has 0 N–H and O–H groups in total. The number of hydrogen-bond donors (Lipinski definition) is 0. The summed E-state index contributed by atoms with van der Waals surface area (Å²) in [6.07, 6.45) is 7.29. The molecule has 1 spiro atoms. The van der Waals surface area contributed by atoms with Crippen molar-refractivity contribution in [3.8, 4) is 0 Å². The molecule has 1 amide bonds. The number of carbonyl (C=O) groups excluding carboxylic acids is 1. The summed E-state index contributed by atoms with van der Waals surface area (Å²) in [7, 11) is 0. The molecule has 3 aliphatic rings. The summed E-state index contributed by atoms with van der Waals surface area (Å²) in [6.45, 7) is 7.45. The Labute approximate surface area is 128 Å². The molecule has 3 rings (SSSR count). The highest BCUT2D eigenvalue weighted by Crippen LogP contribution is 2.45. The minimum absolute atomic E-state index is 0.0734. The van der Waals surface area contributed by atoms with Gasteiger partial charge in [0.1, 0.15) is 0 Å². The third kappa shape index (κ3) is 2.98. The van der Waals surface area contributed by atoms with Gasteiger partial charge in [-0.05, 0) is 25.2 Å². The Bertz CT molecular complexity index is 371. The fraction of sp³-hybridized carbons (Fsp3) is 0.941. The van der Waals surface area contributed by atoms with E-state index in [2.05, 4.69) is 18.7 Å². The zero-order valence-corrected chi connectivity index (χ0v) is 13.5. The Morgan fingerprint density at radius 2 is 1.62 bits per heavy atom. The van der Waals surface area contributed by atoms with Crippen molar-refractivity contribution in [2.75, 3.05) is 26.3 Å². The normalized spacial score (nSPS) is 27.7. The highest BCUT2D eigenvalue weighted by Gasteiger charge is 2.47. The van der Waals surface area contributed by atoms with Crippen LogP contribution < -0.4 is 0 Å². The number of hydrogen-bond acceptors (Lipinski definition) is 3. The van der Waals surface area contributed by atoms with Gasteiger partial charge in [-0.2, -0.15) is 0 Å². The van der Waals surface area contributed by atoms with Crippen molar-refractivity contribution in [3.05, 3.63) is 0 Å². The van der Waals surface area contributed by atoms with Crippen molar-refractivity contribution in [3.63, 3.8) is 0 Å². The summed E-state index contributed by atoms with van der Waals surface area (Å²) < 4.78 is 11.5. The van der Waals surface area contributed by atoms with E-state index < -0.39 is 0 Å². The van der Waals surface area contributed by atoms with Crippen LogP contribution in [-0.4, -0.2) is 42.9 Å². The van der Waals surface area contributed by atoms with E-state index in [4.69, 9.17) is 9.47 Å². The molecule has 0 aromatic heterocycles. The molecule has 21 heavy (non-hydrogen) atoms. The third-order valence-corrected chi connectivity index (χ3v) is 5.44. The first-order valence-electron chi connectivity index (χ1n) is 8.63. The Hall–Kier alpha value is -0.610. The number of rotatable bonds is 3. The molecule has 120 valence electrons. The highest BCUT2D eigenvalue weighted by atomic mass is 16.7. The molecule has 1 aliphatic carbocycles. The quantitative estimate of drug-likeness (QED) is 0.803. The van der Waals surface area contributed by atoms with Crippen molar-refractivity contribution < 1.29 is 14.3 Å². The summed E-state index contributed by atoms with van der Waals surface area (Å²) in [5.41, 5.74) is -0.0734. The molecule has 2 saturated heterocycles. The largest absolute Gasteiger partial charge is 0.347 e. The van der Waals surface area contributed by atoms with Crippen LogP contribution in [0.1, 0.15) is 58.8 Å². The lowest BCUT2D eigenvalue weighted by Gasteiger charge is -2.42. The Morgan fingerprint density at radius 1 is 1.05 bits per heavy atom. The second kappa shape index (κ2) is 5.88. The second-order valence-corrected chi connectivity index (χ2v) is 7.49. The van der Waals surface area contributed by atoms with Crippen LogP contribution in [0.25, 0.3) is 0 Å². The summed E-state index contributed by atoms with van der Waals surface area (Å²) in [5.74, 6) is 0.615. The molecule has 2 aliphatic heterocycles. The van der Waals surface area contributed by atoms with Crippen LogP contribution in [-0.2, 0) is 14.3 Å². The fourth-order valence-corrected chi connectivity index (χ4v) is 4.51. The van der Waals surface area contributed by atoms with Crippen LogP contribution in [0, 0.1) is 11.3 Å². The van der Waals surface area contributed by atoms with Crippen molar-refractivity contribution in [2.24, 2.45) is 11.3 Å². The van der Waals surface area contributed by atoms with Gasteiger partial charge in [0.2, 0.25) is 5.91 Å². The molecule has 0 unspecified atom stereocenters. The first-order chi connectivity index (χ1) is 10.1. The molecular weight excluding hydrogens is 266 g/mol. The number of carbonyl (C=O) groups is 1. The van der Waals surface area contributed by atoms with Crippen molar-refractivity contribution in [2.45, 2.75) is 64.6 Å². The Balaban J connectivity index is 1.64. The van der Waals surface area contributed by atoms with Crippen LogP contribution in [0.15, 0.2) is 0 Å². The molecule has 0 radical (unpaired) electrons. The van der Waals surface area contributed by atoms with Crippen LogP contribution in [0.2, 0.25) is 0 Å². The first-order valence-corrected chi connectivity index (χ1v) is 8.63. The van der Waals surface area contributed by atoms with Gasteiger partial charge in [-0.25, -0.2) is 0 Å². The number of likely N-dealkylation sites (tertiary alicyclic amines) is 1. The predicted octanol–water partition coefficient (Wildman–Crippen LogP) is 2.96. The molecular formula is C17H29NO3. The zero-order valence-electron chi connectivity index (χ0n) is 13.5. The van der Waals surface area contributed by atoms with Gasteiger partial charge in [0.05, 0.1) is 13.2 Å². The number of nitrogens with zero attached hydrogens (tertiary/aromatic N) is 1. The van der Waals surface area contributed by atoms with E-state index in [1.807, 2.05) is 0 Å². The van der Waals surface area contributed by atoms with Gasteiger partial charge >= 0.3 is 0 Å². The number of amides is 1. The molecule has 0 aromatic rings. The lowest BCUT2D eigenvalue weighted by Crippen LogP contribution is -2.51. The molecule has 4 heteroatoms. The summed E-state index contributed by atoms with van der Waals surface area (Å²) in [4.78, 5) is 15.2. The van der Waals surface area contributed by atoms with Gasteiger partial charge in [-0.3, -0.25) is 4.79 Å². The minimum atomic E-state index is -0.377. The molecule has 0 aromatic carbocycles. The van der Waals surface area contributed by atoms with E-state index in [0.29, 0.717) is 25.0 Å². The van der Waals surface area contributed by atoms with Crippen LogP contribution in [0.5, 0.6) is 0 Å². The van der Waals surface area contributed by atoms with Crippen LogP contribution in [0.3, 0.4) is 0 Å². The molecule has 0 bridgehead atoms. The fourth-order valence-electron chi connectivity index (χ4n) is 4.51. The van der Waals surface area contributed by atoms with E-state index in [-0.39, 0.29) is 11.2 Å². The molecule has 1 saturated carbocycles. The average Bonchev–Trinajstić information content (AvgIpc) is 3.09. The van der Waals surface area contributed by atoms with Crippen LogP contribution in [0.4, 0.5) is 0 Å². The topological polar surface area (TPSA) is 38.8 Å². The minimum Gasteiger partial charge on any atom is -0.347 e. The third-order valence-electron chi connectivity index (χ3n) is 5.44. The Morgan fingerprint density at radius 3 is 2.14 bits per heavy atom. The maximum atomic E-state index is 13.1. The standard InChI is InChI=1S/C17H29NO3/c1-14(2)13-16(5-3-4-6-16)15(19)18-9-7-17(8-10-18)20-11-12-21-17/h14H,3-13H2,1-2H3.